The smallest absolute Gasteiger partial charge is 0.326 e. The van der Waals surface area contributed by atoms with Crippen molar-refractivity contribution in [3.63, 3.8) is 0 Å². The number of rotatable bonds is 6. The molecular formula is C14H19ClN2O5S. The molecule has 0 aliphatic rings. The molecule has 0 fully saturated rings. The zero-order valence-electron chi connectivity index (χ0n) is 13.2. The molecule has 1 amide bonds. The third-order valence-electron chi connectivity index (χ3n) is 3.17. The molecule has 0 aliphatic carbocycles. The molecule has 23 heavy (non-hydrogen) atoms. The Balaban J connectivity index is 3.21. The second-order valence-electron chi connectivity index (χ2n) is 5.47. The van der Waals surface area contributed by atoms with Crippen molar-refractivity contribution in [2.45, 2.75) is 24.8 Å². The predicted octanol–water partition coefficient (Wildman–Crippen LogP) is 1.43. The van der Waals surface area contributed by atoms with Gasteiger partial charge in [-0.3, -0.25) is 4.79 Å². The van der Waals surface area contributed by atoms with E-state index in [0.717, 1.165) is 10.4 Å². The number of nitrogens with one attached hydrogen (secondary N) is 1. The fourth-order valence-corrected chi connectivity index (χ4v) is 3.17. The minimum Gasteiger partial charge on any atom is -0.480 e. The molecule has 0 saturated carbocycles. The van der Waals surface area contributed by atoms with Crippen LogP contribution in [0.5, 0.6) is 0 Å². The van der Waals surface area contributed by atoms with Crippen molar-refractivity contribution in [3.05, 3.63) is 28.8 Å². The molecule has 0 radical (unpaired) electrons. The summed E-state index contributed by atoms with van der Waals surface area (Å²) in [6.07, 6.45) is 0. The first-order valence-electron chi connectivity index (χ1n) is 6.74. The molecule has 0 bridgehead atoms. The topological polar surface area (TPSA) is 104 Å². The Hall–Kier alpha value is -1.64. The molecule has 128 valence electrons. The Morgan fingerprint density at radius 1 is 1.26 bits per heavy atom. The van der Waals surface area contributed by atoms with Gasteiger partial charge >= 0.3 is 5.97 Å². The molecular weight excluding hydrogens is 344 g/mol. The molecule has 9 heteroatoms. The second kappa shape index (κ2) is 7.29. The summed E-state index contributed by atoms with van der Waals surface area (Å²) in [5.74, 6) is -2.17. The van der Waals surface area contributed by atoms with E-state index >= 15 is 0 Å². The largest absolute Gasteiger partial charge is 0.480 e. The van der Waals surface area contributed by atoms with Gasteiger partial charge in [-0.15, -0.1) is 0 Å². The third-order valence-corrected chi connectivity index (χ3v) is 5.47. The normalized spacial score (nSPS) is 13.2. The molecule has 0 aromatic heterocycles. The van der Waals surface area contributed by atoms with Crippen molar-refractivity contribution in [2.24, 2.45) is 5.92 Å². The van der Waals surface area contributed by atoms with Crippen molar-refractivity contribution in [3.8, 4) is 0 Å². The number of hydrogen-bond donors (Lipinski definition) is 2. The Morgan fingerprint density at radius 2 is 1.83 bits per heavy atom. The molecule has 1 aromatic rings. The van der Waals surface area contributed by atoms with Crippen molar-refractivity contribution in [1.29, 1.82) is 0 Å². The van der Waals surface area contributed by atoms with Gasteiger partial charge in [-0.2, -0.15) is 0 Å². The minimum atomic E-state index is -3.82. The van der Waals surface area contributed by atoms with Crippen LogP contribution in [0.3, 0.4) is 0 Å². The van der Waals surface area contributed by atoms with E-state index in [2.05, 4.69) is 5.32 Å². The van der Waals surface area contributed by atoms with Crippen molar-refractivity contribution in [1.82, 2.24) is 9.62 Å². The van der Waals surface area contributed by atoms with E-state index in [1.54, 1.807) is 13.8 Å². The monoisotopic (exact) mass is 362 g/mol. The first-order chi connectivity index (χ1) is 10.5. The fourth-order valence-electron chi connectivity index (χ4n) is 1.78. The van der Waals surface area contributed by atoms with E-state index < -0.39 is 27.9 Å². The summed E-state index contributed by atoms with van der Waals surface area (Å²) in [6, 6.07) is 2.68. The van der Waals surface area contributed by atoms with E-state index in [0.29, 0.717) is 0 Å². The summed E-state index contributed by atoms with van der Waals surface area (Å²) in [5, 5.41) is 11.5. The SMILES string of the molecule is CC(C)C(NC(=O)c1ccc(Cl)c(S(=O)(=O)N(C)C)c1)C(=O)O. The molecule has 0 heterocycles. The number of amides is 1. The fraction of sp³-hybridized carbons (Fsp3) is 0.429. The van der Waals surface area contributed by atoms with Crippen LogP contribution in [0.15, 0.2) is 23.1 Å². The lowest BCUT2D eigenvalue weighted by molar-refractivity contribution is -0.140. The molecule has 1 aromatic carbocycles. The van der Waals surface area contributed by atoms with Crippen molar-refractivity contribution >= 4 is 33.5 Å². The van der Waals surface area contributed by atoms with Gasteiger partial charge in [0.1, 0.15) is 10.9 Å². The quantitative estimate of drug-likeness (QED) is 0.796. The summed E-state index contributed by atoms with van der Waals surface area (Å²) in [5.41, 5.74) is 0.0155. The minimum absolute atomic E-state index is 0.0155. The number of hydrogen-bond acceptors (Lipinski definition) is 4. The van der Waals surface area contributed by atoms with Gasteiger partial charge in [-0.05, 0) is 24.1 Å². The number of carboxylic acid groups (broad SMARTS) is 1. The lowest BCUT2D eigenvalue weighted by Crippen LogP contribution is -2.44. The number of carbonyl (C=O) groups is 2. The van der Waals surface area contributed by atoms with Gasteiger partial charge in [0.05, 0.1) is 5.02 Å². The van der Waals surface area contributed by atoms with Crippen molar-refractivity contribution in [2.75, 3.05) is 14.1 Å². The van der Waals surface area contributed by atoms with E-state index in [1.807, 2.05) is 0 Å². The number of aliphatic carboxylic acids is 1. The van der Waals surface area contributed by atoms with Crippen LogP contribution in [0.1, 0.15) is 24.2 Å². The van der Waals surface area contributed by atoms with Crippen LogP contribution in [0.4, 0.5) is 0 Å². The van der Waals surface area contributed by atoms with Gasteiger partial charge in [0, 0.05) is 19.7 Å². The van der Waals surface area contributed by atoms with E-state index in [-0.39, 0.29) is 21.4 Å². The number of carboxylic acids is 1. The summed E-state index contributed by atoms with van der Waals surface area (Å²) < 4.78 is 25.3. The van der Waals surface area contributed by atoms with Crippen LogP contribution in [0.25, 0.3) is 0 Å². The zero-order chi connectivity index (χ0) is 17.9. The highest BCUT2D eigenvalue weighted by Gasteiger charge is 2.26. The van der Waals surface area contributed by atoms with Crippen LogP contribution >= 0.6 is 11.6 Å². The molecule has 1 unspecified atom stereocenters. The first kappa shape index (κ1) is 19.4. The standard InChI is InChI=1S/C14H19ClN2O5S/c1-8(2)12(14(19)20)16-13(18)9-5-6-10(15)11(7-9)23(21,22)17(3)4/h5-8,12H,1-4H3,(H,16,18)(H,19,20). The first-order valence-corrected chi connectivity index (χ1v) is 8.56. The summed E-state index contributed by atoms with van der Waals surface area (Å²) in [4.78, 5) is 23.1. The lowest BCUT2D eigenvalue weighted by atomic mass is 10.0. The lowest BCUT2D eigenvalue weighted by Gasteiger charge is -2.18. The number of benzene rings is 1. The third kappa shape index (κ3) is 4.43. The highest BCUT2D eigenvalue weighted by molar-refractivity contribution is 7.89. The summed E-state index contributed by atoms with van der Waals surface area (Å²) in [7, 11) is -1.13. The maximum atomic E-state index is 12.2. The molecule has 7 nitrogen and oxygen atoms in total. The average molecular weight is 363 g/mol. The van der Waals surface area contributed by atoms with Crippen LogP contribution in [0.2, 0.25) is 5.02 Å². The van der Waals surface area contributed by atoms with Gasteiger partial charge in [0.25, 0.3) is 5.91 Å². The highest BCUT2D eigenvalue weighted by Crippen LogP contribution is 2.24. The van der Waals surface area contributed by atoms with Crippen LogP contribution in [-0.4, -0.2) is 49.8 Å². The summed E-state index contributed by atoms with van der Waals surface area (Å²) >= 11 is 5.90. The number of nitrogens with zero attached hydrogens (tertiary/aromatic N) is 1. The summed E-state index contributed by atoms with van der Waals surface area (Å²) in [6.45, 7) is 3.31. The Kier molecular flexibility index (Phi) is 6.15. The van der Waals surface area contributed by atoms with Crippen LogP contribution in [0, 0.1) is 5.92 Å². The molecule has 1 rings (SSSR count). The van der Waals surface area contributed by atoms with Crippen molar-refractivity contribution < 1.29 is 23.1 Å². The van der Waals surface area contributed by atoms with Gasteiger partial charge in [-0.1, -0.05) is 25.4 Å². The maximum absolute atomic E-state index is 12.2. The Labute approximate surface area is 140 Å². The molecule has 1 atom stereocenters. The number of carbonyl (C=O) groups excluding carboxylic acids is 1. The Bertz CT molecular complexity index is 716. The predicted molar refractivity (Wildman–Crippen MR) is 86.1 cm³/mol. The second-order valence-corrected chi connectivity index (χ2v) is 7.99. The molecule has 0 saturated heterocycles. The van der Waals surface area contributed by atoms with Gasteiger partial charge in [-0.25, -0.2) is 17.5 Å². The zero-order valence-corrected chi connectivity index (χ0v) is 14.8. The molecule has 0 aliphatic heterocycles. The van der Waals surface area contributed by atoms with E-state index in [1.165, 1.54) is 26.2 Å². The maximum Gasteiger partial charge on any atom is 0.326 e. The molecule has 2 N–H and O–H groups in total. The van der Waals surface area contributed by atoms with Gasteiger partial charge in [0.2, 0.25) is 10.0 Å². The molecule has 0 spiro atoms. The Morgan fingerprint density at radius 3 is 2.26 bits per heavy atom. The highest BCUT2D eigenvalue weighted by atomic mass is 35.5. The van der Waals surface area contributed by atoms with Gasteiger partial charge in [0.15, 0.2) is 0 Å². The number of halogens is 1. The van der Waals surface area contributed by atoms with Gasteiger partial charge < -0.3 is 10.4 Å². The van der Waals surface area contributed by atoms with E-state index in [4.69, 9.17) is 16.7 Å². The average Bonchev–Trinajstić information content (AvgIpc) is 2.43. The number of sulfonamides is 1. The van der Waals surface area contributed by atoms with Crippen LogP contribution in [-0.2, 0) is 14.8 Å². The van der Waals surface area contributed by atoms with E-state index in [9.17, 15) is 18.0 Å². The van der Waals surface area contributed by atoms with Crippen LogP contribution < -0.4 is 5.32 Å².